The molecule has 0 radical (unpaired) electrons. The summed E-state index contributed by atoms with van der Waals surface area (Å²) in [4.78, 5) is 4.49. The summed E-state index contributed by atoms with van der Waals surface area (Å²) in [5, 5.41) is 6.05. The van der Waals surface area contributed by atoms with Crippen LogP contribution in [0.5, 0.6) is 0 Å². The molecule has 0 saturated heterocycles. The molecule has 0 spiro atoms. The summed E-state index contributed by atoms with van der Waals surface area (Å²) >= 11 is 0. The Bertz CT molecular complexity index is 400. The summed E-state index contributed by atoms with van der Waals surface area (Å²) in [7, 11) is 1.62. The topological polar surface area (TPSA) is 37.2 Å². The van der Waals surface area contributed by atoms with Gasteiger partial charge in [-0.05, 0) is 12.5 Å². The van der Waals surface area contributed by atoms with Crippen LogP contribution in [0.25, 0.3) is 0 Å². The standard InChI is InChI=1S/C12H15N3O/c1-3-15-12(16-2)14-11(9-13-15)10-7-5-4-6-8-10/h4-9,11H,3H2,1-2H3. The van der Waals surface area contributed by atoms with E-state index in [2.05, 4.69) is 10.1 Å². The molecule has 1 aromatic rings. The van der Waals surface area contributed by atoms with E-state index in [0.29, 0.717) is 6.02 Å². The van der Waals surface area contributed by atoms with Crippen molar-refractivity contribution in [1.29, 1.82) is 0 Å². The second kappa shape index (κ2) is 4.79. The lowest BCUT2D eigenvalue weighted by Crippen LogP contribution is -2.31. The van der Waals surface area contributed by atoms with E-state index in [-0.39, 0.29) is 6.04 Å². The maximum Gasteiger partial charge on any atom is 0.309 e. The number of rotatable bonds is 2. The number of hydrogen-bond acceptors (Lipinski definition) is 4. The summed E-state index contributed by atoms with van der Waals surface area (Å²) in [6, 6.07) is 10.6. The van der Waals surface area contributed by atoms with Crippen molar-refractivity contribution < 1.29 is 4.74 Å². The summed E-state index contributed by atoms with van der Waals surface area (Å²) in [5.41, 5.74) is 1.12. The average molecular weight is 217 g/mol. The Hall–Kier alpha value is -1.84. The SMILES string of the molecule is CCN1N=CC(c2ccccc2)N=C1OC. The third kappa shape index (κ3) is 2.05. The van der Waals surface area contributed by atoms with E-state index < -0.39 is 0 Å². The molecule has 0 aliphatic carbocycles. The summed E-state index contributed by atoms with van der Waals surface area (Å²) in [6.07, 6.45) is 1.83. The van der Waals surface area contributed by atoms with Crippen molar-refractivity contribution in [3.63, 3.8) is 0 Å². The predicted molar refractivity (Wildman–Crippen MR) is 64.5 cm³/mol. The highest BCUT2D eigenvalue weighted by atomic mass is 16.5. The van der Waals surface area contributed by atoms with Gasteiger partial charge in [-0.1, -0.05) is 30.3 Å². The molecule has 0 bridgehead atoms. The van der Waals surface area contributed by atoms with Crippen LogP contribution in [0, 0.1) is 0 Å². The summed E-state index contributed by atoms with van der Waals surface area (Å²) < 4.78 is 5.21. The van der Waals surface area contributed by atoms with Gasteiger partial charge < -0.3 is 4.74 Å². The fourth-order valence-electron chi connectivity index (χ4n) is 1.60. The van der Waals surface area contributed by atoms with Crippen LogP contribution in [0.2, 0.25) is 0 Å². The number of hydrazone groups is 1. The van der Waals surface area contributed by atoms with Gasteiger partial charge in [0.1, 0.15) is 6.04 Å². The number of aliphatic imine (C=N–C) groups is 1. The van der Waals surface area contributed by atoms with Crippen molar-refractivity contribution in [3.8, 4) is 0 Å². The van der Waals surface area contributed by atoms with Crippen molar-refractivity contribution in [2.45, 2.75) is 13.0 Å². The number of ether oxygens (including phenoxy) is 1. The Morgan fingerprint density at radius 3 is 2.69 bits per heavy atom. The van der Waals surface area contributed by atoms with Crippen LogP contribution >= 0.6 is 0 Å². The first kappa shape index (κ1) is 10.7. The molecule has 2 rings (SSSR count). The van der Waals surface area contributed by atoms with E-state index in [9.17, 15) is 0 Å². The van der Waals surface area contributed by atoms with Gasteiger partial charge in [0.05, 0.1) is 13.3 Å². The minimum atomic E-state index is -0.0426. The third-order valence-electron chi connectivity index (χ3n) is 2.44. The van der Waals surface area contributed by atoms with Crippen LogP contribution in [0.4, 0.5) is 0 Å². The molecule has 4 nitrogen and oxygen atoms in total. The largest absolute Gasteiger partial charge is 0.467 e. The van der Waals surface area contributed by atoms with E-state index in [1.165, 1.54) is 0 Å². The number of hydrogen-bond donors (Lipinski definition) is 0. The van der Waals surface area contributed by atoms with E-state index >= 15 is 0 Å². The Balaban J connectivity index is 2.23. The highest BCUT2D eigenvalue weighted by Gasteiger charge is 2.18. The first-order chi connectivity index (χ1) is 7.85. The highest BCUT2D eigenvalue weighted by molar-refractivity contribution is 5.82. The van der Waals surface area contributed by atoms with Crippen LogP contribution in [0.15, 0.2) is 40.4 Å². The molecule has 1 aliphatic heterocycles. The van der Waals surface area contributed by atoms with E-state index in [1.54, 1.807) is 12.1 Å². The van der Waals surface area contributed by atoms with Gasteiger partial charge in [-0.15, -0.1) is 0 Å². The van der Waals surface area contributed by atoms with Crippen molar-refractivity contribution in [1.82, 2.24) is 5.01 Å². The molecule has 1 unspecified atom stereocenters. The fourth-order valence-corrected chi connectivity index (χ4v) is 1.60. The fraction of sp³-hybridized carbons (Fsp3) is 0.333. The Labute approximate surface area is 95.2 Å². The zero-order chi connectivity index (χ0) is 11.4. The first-order valence-corrected chi connectivity index (χ1v) is 5.33. The van der Waals surface area contributed by atoms with Crippen LogP contribution in [0.1, 0.15) is 18.5 Å². The molecule has 16 heavy (non-hydrogen) atoms. The first-order valence-electron chi connectivity index (χ1n) is 5.33. The lowest BCUT2D eigenvalue weighted by atomic mass is 10.1. The molecule has 1 aromatic carbocycles. The van der Waals surface area contributed by atoms with Crippen molar-refractivity contribution >= 4 is 12.2 Å². The molecule has 0 saturated carbocycles. The third-order valence-corrected chi connectivity index (χ3v) is 2.44. The van der Waals surface area contributed by atoms with Gasteiger partial charge in [-0.3, -0.25) is 0 Å². The average Bonchev–Trinajstić information content (AvgIpc) is 2.39. The van der Waals surface area contributed by atoms with Gasteiger partial charge in [0.25, 0.3) is 0 Å². The van der Waals surface area contributed by atoms with Crippen molar-refractivity contribution in [2.24, 2.45) is 10.1 Å². The molecule has 1 aliphatic rings. The van der Waals surface area contributed by atoms with Crippen LogP contribution < -0.4 is 0 Å². The summed E-state index contributed by atoms with van der Waals surface area (Å²) in [6.45, 7) is 2.76. The Morgan fingerprint density at radius 1 is 1.31 bits per heavy atom. The normalized spacial score (nSPS) is 19.5. The number of benzene rings is 1. The van der Waals surface area contributed by atoms with Crippen LogP contribution in [-0.2, 0) is 4.74 Å². The second-order valence-electron chi connectivity index (χ2n) is 3.45. The van der Waals surface area contributed by atoms with E-state index in [1.807, 2.05) is 43.5 Å². The van der Waals surface area contributed by atoms with Crippen LogP contribution in [-0.4, -0.2) is 30.9 Å². The number of methoxy groups -OCH3 is 1. The van der Waals surface area contributed by atoms with Gasteiger partial charge in [0.2, 0.25) is 0 Å². The predicted octanol–water partition coefficient (Wildman–Crippen LogP) is 2.05. The minimum absolute atomic E-state index is 0.0426. The molecule has 0 amide bonds. The molecule has 0 N–H and O–H groups in total. The molecule has 0 aromatic heterocycles. The van der Waals surface area contributed by atoms with Gasteiger partial charge in [-0.25, -0.2) is 10.0 Å². The van der Waals surface area contributed by atoms with Crippen LogP contribution in [0.3, 0.4) is 0 Å². The van der Waals surface area contributed by atoms with Gasteiger partial charge >= 0.3 is 6.02 Å². The molecular formula is C12H15N3O. The Kier molecular flexibility index (Phi) is 3.19. The maximum absolute atomic E-state index is 5.21. The van der Waals surface area contributed by atoms with E-state index in [4.69, 9.17) is 4.74 Å². The minimum Gasteiger partial charge on any atom is -0.467 e. The molecule has 4 heteroatoms. The monoisotopic (exact) mass is 217 g/mol. The molecule has 1 heterocycles. The second-order valence-corrected chi connectivity index (χ2v) is 3.45. The Morgan fingerprint density at radius 2 is 2.06 bits per heavy atom. The van der Waals surface area contributed by atoms with Gasteiger partial charge in [-0.2, -0.15) is 5.10 Å². The lowest BCUT2D eigenvalue weighted by molar-refractivity contribution is 0.287. The van der Waals surface area contributed by atoms with Gasteiger partial charge in [0.15, 0.2) is 0 Å². The van der Waals surface area contributed by atoms with E-state index in [0.717, 1.165) is 12.1 Å². The smallest absolute Gasteiger partial charge is 0.309 e. The quantitative estimate of drug-likeness (QED) is 0.760. The zero-order valence-electron chi connectivity index (χ0n) is 9.50. The number of amidine groups is 1. The van der Waals surface area contributed by atoms with Gasteiger partial charge in [0, 0.05) is 6.54 Å². The zero-order valence-corrected chi connectivity index (χ0v) is 9.50. The molecule has 1 atom stereocenters. The van der Waals surface area contributed by atoms with Crippen molar-refractivity contribution in [2.75, 3.05) is 13.7 Å². The van der Waals surface area contributed by atoms with Crippen molar-refractivity contribution in [3.05, 3.63) is 35.9 Å². The molecule has 0 fully saturated rings. The lowest BCUT2D eigenvalue weighted by Gasteiger charge is -2.23. The molecule has 84 valence electrons. The maximum atomic E-state index is 5.21. The highest BCUT2D eigenvalue weighted by Crippen LogP contribution is 2.19. The summed E-state index contributed by atoms with van der Waals surface area (Å²) in [5.74, 6) is 0. The number of nitrogens with zero attached hydrogens (tertiary/aromatic N) is 3. The molecular weight excluding hydrogens is 202 g/mol.